The van der Waals surface area contributed by atoms with Crippen molar-refractivity contribution in [3.05, 3.63) is 23.6 Å². The van der Waals surface area contributed by atoms with Gasteiger partial charge in [-0.25, -0.2) is 9.37 Å². The molecule has 18 heavy (non-hydrogen) atoms. The number of carbonyl (C=O) groups excluding carboxylic acids is 1. The van der Waals surface area contributed by atoms with Gasteiger partial charge in [0.1, 0.15) is 0 Å². The van der Waals surface area contributed by atoms with E-state index >= 15 is 0 Å². The molecule has 1 atom stereocenters. The first kappa shape index (κ1) is 14.4. The van der Waals surface area contributed by atoms with Crippen molar-refractivity contribution in [3.8, 4) is 0 Å². The summed E-state index contributed by atoms with van der Waals surface area (Å²) in [5, 5.41) is 5.41. The molecular formula is C12H18FN3O2. The summed E-state index contributed by atoms with van der Waals surface area (Å²) >= 11 is 0. The summed E-state index contributed by atoms with van der Waals surface area (Å²) in [7, 11) is 1.54. The minimum atomic E-state index is -0.638. The average molecular weight is 255 g/mol. The number of nitrogens with zero attached hydrogens (tertiary/aromatic N) is 1. The third-order valence-electron chi connectivity index (χ3n) is 2.27. The monoisotopic (exact) mass is 255 g/mol. The van der Waals surface area contributed by atoms with Crippen LogP contribution in [0.1, 0.15) is 24.2 Å². The second-order valence-corrected chi connectivity index (χ2v) is 3.88. The summed E-state index contributed by atoms with van der Waals surface area (Å²) < 4.78 is 18.8. The lowest BCUT2D eigenvalue weighted by Gasteiger charge is -2.13. The number of hydrogen-bond donors (Lipinski definition) is 2. The first-order chi connectivity index (χ1) is 8.60. The molecule has 100 valence electrons. The van der Waals surface area contributed by atoms with E-state index in [4.69, 9.17) is 4.74 Å². The fourth-order valence-corrected chi connectivity index (χ4v) is 1.50. The number of carbonyl (C=O) groups is 1. The van der Waals surface area contributed by atoms with Crippen LogP contribution in [0, 0.1) is 5.82 Å². The van der Waals surface area contributed by atoms with Gasteiger partial charge in [-0.3, -0.25) is 4.79 Å². The van der Waals surface area contributed by atoms with Crippen LogP contribution in [0.2, 0.25) is 0 Å². The third kappa shape index (κ3) is 3.66. The van der Waals surface area contributed by atoms with E-state index in [9.17, 15) is 9.18 Å². The van der Waals surface area contributed by atoms with Gasteiger partial charge in [-0.1, -0.05) is 0 Å². The van der Waals surface area contributed by atoms with Gasteiger partial charge in [-0.15, -0.1) is 0 Å². The lowest BCUT2D eigenvalue weighted by molar-refractivity contribution is 0.0901. The predicted octanol–water partition coefficient (Wildman–Crippen LogP) is 1.42. The Kier molecular flexibility index (Phi) is 5.51. The number of rotatable bonds is 6. The second-order valence-electron chi connectivity index (χ2n) is 3.88. The zero-order valence-corrected chi connectivity index (χ0v) is 10.8. The van der Waals surface area contributed by atoms with E-state index in [-0.39, 0.29) is 17.4 Å². The number of amides is 1. The Morgan fingerprint density at radius 1 is 1.61 bits per heavy atom. The number of hydrogen-bond acceptors (Lipinski definition) is 4. The molecular weight excluding hydrogens is 237 g/mol. The van der Waals surface area contributed by atoms with E-state index in [1.54, 1.807) is 14.0 Å². The number of halogens is 1. The molecule has 0 aromatic carbocycles. The van der Waals surface area contributed by atoms with Gasteiger partial charge >= 0.3 is 0 Å². The molecule has 0 saturated carbocycles. The van der Waals surface area contributed by atoms with Crippen molar-refractivity contribution in [2.24, 2.45) is 0 Å². The van der Waals surface area contributed by atoms with Crippen LogP contribution in [-0.4, -0.2) is 37.2 Å². The van der Waals surface area contributed by atoms with E-state index < -0.39 is 11.7 Å². The predicted molar refractivity (Wildman–Crippen MR) is 67.2 cm³/mol. The van der Waals surface area contributed by atoms with Crippen molar-refractivity contribution < 1.29 is 13.9 Å². The molecule has 1 unspecified atom stereocenters. The molecule has 1 rings (SSSR count). The van der Waals surface area contributed by atoms with Gasteiger partial charge in [-0.05, 0) is 19.9 Å². The Hall–Kier alpha value is -1.69. The molecule has 0 aliphatic rings. The summed E-state index contributed by atoms with van der Waals surface area (Å²) in [6.45, 7) is 4.52. The standard InChI is InChI=1S/C12H18FN3O2/c1-4-14-11-10(13)9(5-6-15-11)12(17)16-8(2)7-18-3/h5-6,8H,4,7H2,1-3H3,(H,14,15)(H,16,17). The Labute approximate surface area is 106 Å². The summed E-state index contributed by atoms with van der Waals surface area (Å²) in [5.74, 6) is -1.02. The highest BCUT2D eigenvalue weighted by atomic mass is 19.1. The summed E-state index contributed by atoms with van der Waals surface area (Å²) in [6.07, 6.45) is 1.40. The first-order valence-electron chi connectivity index (χ1n) is 5.78. The minimum absolute atomic E-state index is 0.0242. The summed E-state index contributed by atoms with van der Waals surface area (Å²) in [6, 6.07) is 1.17. The van der Waals surface area contributed by atoms with Crippen LogP contribution in [0.25, 0.3) is 0 Å². The lowest BCUT2D eigenvalue weighted by atomic mass is 10.2. The molecule has 0 saturated heterocycles. The van der Waals surface area contributed by atoms with Gasteiger partial charge in [0.15, 0.2) is 11.6 Å². The largest absolute Gasteiger partial charge is 0.383 e. The normalized spacial score (nSPS) is 12.0. The highest BCUT2D eigenvalue weighted by Gasteiger charge is 2.17. The van der Waals surface area contributed by atoms with E-state index in [1.807, 2.05) is 6.92 Å². The fourth-order valence-electron chi connectivity index (χ4n) is 1.50. The van der Waals surface area contributed by atoms with Crippen LogP contribution < -0.4 is 10.6 Å². The van der Waals surface area contributed by atoms with E-state index in [0.717, 1.165) is 0 Å². The topological polar surface area (TPSA) is 63.2 Å². The van der Waals surface area contributed by atoms with Gasteiger partial charge in [-0.2, -0.15) is 0 Å². The molecule has 5 nitrogen and oxygen atoms in total. The van der Waals surface area contributed by atoms with E-state index in [0.29, 0.717) is 13.2 Å². The zero-order chi connectivity index (χ0) is 13.5. The Bertz CT molecular complexity index is 412. The van der Waals surface area contributed by atoms with Gasteiger partial charge in [0, 0.05) is 25.9 Å². The number of aromatic nitrogens is 1. The smallest absolute Gasteiger partial charge is 0.254 e. The Morgan fingerprint density at radius 3 is 2.94 bits per heavy atom. The van der Waals surface area contributed by atoms with Gasteiger partial charge in [0.25, 0.3) is 5.91 Å². The maximum Gasteiger partial charge on any atom is 0.254 e. The summed E-state index contributed by atoms with van der Waals surface area (Å²) in [5.41, 5.74) is -0.0242. The molecule has 0 aliphatic heterocycles. The van der Waals surface area contributed by atoms with Crippen molar-refractivity contribution in [2.45, 2.75) is 19.9 Å². The molecule has 1 aromatic rings. The van der Waals surface area contributed by atoms with Crippen LogP contribution >= 0.6 is 0 Å². The van der Waals surface area contributed by atoms with Crippen molar-refractivity contribution in [1.82, 2.24) is 10.3 Å². The Morgan fingerprint density at radius 2 is 2.33 bits per heavy atom. The minimum Gasteiger partial charge on any atom is -0.383 e. The number of anilines is 1. The van der Waals surface area contributed by atoms with Crippen molar-refractivity contribution in [3.63, 3.8) is 0 Å². The maximum absolute atomic E-state index is 13.9. The van der Waals surface area contributed by atoms with Crippen LogP contribution in [0.3, 0.4) is 0 Å². The molecule has 1 aromatic heterocycles. The molecule has 0 spiro atoms. The summed E-state index contributed by atoms with van der Waals surface area (Å²) in [4.78, 5) is 15.7. The Balaban J connectivity index is 2.82. The lowest BCUT2D eigenvalue weighted by Crippen LogP contribution is -2.36. The number of ether oxygens (including phenoxy) is 1. The van der Waals surface area contributed by atoms with Gasteiger partial charge in [0.2, 0.25) is 0 Å². The fraction of sp³-hybridized carbons (Fsp3) is 0.500. The van der Waals surface area contributed by atoms with Crippen molar-refractivity contribution >= 4 is 11.7 Å². The van der Waals surface area contributed by atoms with Crippen LogP contribution in [0.15, 0.2) is 12.3 Å². The van der Waals surface area contributed by atoms with Crippen LogP contribution in [0.5, 0.6) is 0 Å². The van der Waals surface area contributed by atoms with Crippen molar-refractivity contribution in [1.29, 1.82) is 0 Å². The first-order valence-corrected chi connectivity index (χ1v) is 5.78. The molecule has 0 fully saturated rings. The molecule has 1 heterocycles. The number of pyridine rings is 1. The SMILES string of the molecule is CCNc1nccc(C(=O)NC(C)COC)c1F. The molecule has 1 amide bonds. The second kappa shape index (κ2) is 6.90. The molecule has 2 N–H and O–H groups in total. The van der Waals surface area contributed by atoms with E-state index in [1.165, 1.54) is 12.3 Å². The molecule has 0 radical (unpaired) electrons. The third-order valence-corrected chi connectivity index (χ3v) is 2.27. The zero-order valence-electron chi connectivity index (χ0n) is 10.8. The van der Waals surface area contributed by atoms with Gasteiger partial charge < -0.3 is 15.4 Å². The highest BCUT2D eigenvalue weighted by Crippen LogP contribution is 2.14. The maximum atomic E-state index is 13.9. The average Bonchev–Trinajstić information content (AvgIpc) is 2.32. The van der Waals surface area contributed by atoms with Gasteiger partial charge in [0.05, 0.1) is 12.2 Å². The molecule has 6 heteroatoms. The molecule has 0 bridgehead atoms. The quantitative estimate of drug-likeness (QED) is 0.807. The number of methoxy groups -OCH3 is 1. The number of nitrogens with one attached hydrogen (secondary N) is 2. The molecule has 0 aliphatic carbocycles. The van der Waals surface area contributed by atoms with Crippen LogP contribution in [0.4, 0.5) is 10.2 Å². The van der Waals surface area contributed by atoms with E-state index in [2.05, 4.69) is 15.6 Å². The van der Waals surface area contributed by atoms with Crippen LogP contribution in [-0.2, 0) is 4.74 Å². The highest BCUT2D eigenvalue weighted by molar-refractivity contribution is 5.95. The van der Waals surface area contributed by atoms with Crippen molar-refractivity contribution in [2.75, 3.05) is 25.6 Å².